The maximum atomic E-state index is 13.4. The predicted molar refractivity (Wildman–Crippen MR) is 71.6 cm³/mol. The van der Waals surface area contributed by atoms with Crippen molar-refractivity contribution in [2.45, 2.75) is 26.7 Å². The van der Waals surface area contributed by atoms with Crippen molar-refractivity contribution in [3.63, 3.8) is 0 Å². The third kappa shape index (κ3) is 4.85. The highest BCUT2D eigenvalue weighted by Crippen LogP contribution is 2.21. The largest absolute Gasteiger partial charge is 0.330 e. The van der Waals surface area contributed by atoms with Crippen LogP contribution in [0.3, 0.4) is 0 Å². The molecule has 0 saturated heterocycles. The van der Waals surface area contributed by atoms with E-state index in [0.717, 1.165) is 6.42 Å². The lowest BCUT2D eigenvalue weighted by molar-refractivity contribution is -0.117. The number of nitrogens with one attached hydrogen (secondary N) is 1. The first kappa shape index (κ1) is 16.5. The van der Waals surface area contributed by atoms with Gasteiger partial charge in [0.2, 0.25) is 5.91 Å². The van der Waals surface area contributed by atoms with Gasteiger partial charge in [0.25, 0.3) is 0 Å². The van der Waals surface area contributed by atoms with Gasteiger partial charge < -0.3 is 11.1 Å². The molecule has 0 aliphatic rings. The molecule has 6 heteroatoms. The number of hydrogen-bond donors (Lipinski definition) is 2. The summed E-state index contributed by atoms with van der Waals surface area (Å²) in [6, 6.07) is 1.04. The van der Waals surface area contributed by atoms with E-state index in [4.69, 9.17) is 5.73 Å². The Hall–Kier alpha value is -1.56. The summed E-state index contributed by atoms with van der Waals surface area (Å²) in [5.74, 6) is -3.52. The maximum Gasteiger partial charge on any atom is 0.224 e. The molecule has 0 heterocycles. The van der Waals surface area contributed by atoms with Gasteiger partial charge in [0, 0.05) is 18.6 Å². The predicted octanol–water partition coefficient (Wildman–Crippen LogP) is 3.05. The van der Waals surface area contributed by atoms with Gasteiger partial charge in [-0.15, -0.1) is 0 Å². The van der Waals surface area contributed by atoms with Gasteiger partial charge in [-0.1, -0.05) is 13.8 Å². The molecule has 1 unspecified atom stereocenters. The van der Waals surface area contributed by atoms with Crippen molar-refractivity contribution >= 4 is 11.6 Å². The minimum atomic E-state index is -1.14. The van der Waals surface area contributed by atoms with Crippen LogP contribution in [0.25, 0.3) is 0 Å². The average molecular weight is 288 g/mol. The molecule has 1 amide bonds. The number of benzene rings is 1. The Morgan fingerprint density at radius 3 is 2.25 bits per heavy atom. The lowest BCUT2D eigenvalue weighted by Gasteiger charge is -2.17. The molecule has 0 saturated carbocycles. The van der Waals surface area contributed by atoms with Crippen LogP contribution in [0.2, 0.25) is 0 Å². The third-order valence-electron chi connectivity index (χ3n) is 2.88. The smallest absolute Gasteiger partial charge is 0.224 e. The van der Waals surface area contributed by atoms with Crippen LogP contribution in [0, 0.1) is 29.3 Å². The van der Waals surface area contributed by atoms with Crippen molar-refractivity contribution in [2.24, 2.45) is 17.6 Å². The number of rotatable bonds is 6. The van der Waals surface area contributed by atoms with Crippen LogP contribution in [0.5, 0.6) is 0 Å². The third-order valence-corrected chi connectivity index (χ3v) is 2.88. The second-order valence-corrected chi connectivity index (χ2v) is 5.23. The second kappa shape index (κ2) is 7.28. The highest BCUT2D eigenvalue weighted by Gasteiger charge is 2.18. The topological polar surface area (TPSA) is 55.1 Å². The molecular formula is C14H19F3N2O. The molecule has 112 valence electrons. The van der Waals surface area contributed by atoms with E-state index in [0.29, 0.717) is 24.6 Å². The SMILES string of the molecule is CC(C)CC(CN)CC(=O)Nc1c(F)cc(F)cc1F. The Bertz CT molecular complexity index is 454. The van der Waals surface area contributed by atoms with Crippen LogP contribution >= 0.6 is 0 Å². The molecule has 0 fully saturated rings. The molecule has 20 heavy (non-hydrogen) atoms. The molecule has 0 bridgehead atoms. The molecule has 3 N–H and O–H groups in total. The Balaban J connectivity index is 2.71. The van der Waals surface area contributed by atoms with Gasteiger partial charge in [0.1, 0.15) is 11.5 Å². The van der Waals surface area contributed by atoms with E-state index in [1.165, 1.54) is 0 Å². The van der Waals surface area contributed by atoms with Gasteiger partial charge >= 0.3 is 0 Å². The molecule has 0 radical (unpaired) electrons. The monoisotopic (exact) mass is 288 g/mol. The quantitative estimate of drug-likeness (QED) is 0.845. The number of amides is 1. The summed E-state index contributed by atoms with van der Waals surface area (Å²) in [5.41, 5.74) is 4.94. The Morgan fingerprint density at radius 1 is 1.25 bits per heavy atom. The second-order valence-electron chi connectivity index (χ2n) is 5.23. The molecule has 1 rings (SSSR count). The van der Waals surface area contributed by atoms with Crippen LogP contribution in [0.1, 0.15) is 26.7 Å². The first-order chi connectivity index (χ1) is 9.33. The highest BCUT2D eigenvalue weighted by molar-refractivity contribution is 5.91. The van der Waals surface area contributed by atoms with E-state index < -0.39 is 29.0 Å². The van der Waals surface area contributed by atoms with Crippen molar-refractivity contribution in [3.05, 3.63) is 29.6 Å². The summed E-state index contributed by atoms with van der Waals surface area (Å²) in [5, 5.41) is 2.13. The Labute approximate surface area is 116 Å². The first-order valence-corrected chi connectivity index (χ1v) is 6.48. The minimum Gasteiger partial charge on any atom is -0.330 e. The van der Waals surface area contributed by atoms with Crippen molar-refractivity contribution in [1.29, 1.82) is 0 Å². The molecule has 0 spiro atoms. The van der Waals surface area contributed by atoms with Crippen molar-refractivity contribution < 1.29 is 18.0 Å². The van der Waals surface area contributed by atoms with E-state index in [9.17, 15) is 18.0 Å². The van der Waals surface area contributed by atoms with Gasteiger partial charge in [-0.3, -0.25) is 4.79 Å². The number of hydrogen-bond acceptors (Lipinski definition) is 2. The zero-order valence-electron chi connectivity index (χ0n) is 11.6. The van der Waals surface area contributed by atoms with Gasteiger partial charge in [-0.25, -0.2) is 13.2 Å². The summed E-state index contributed by atoms with van der Waals surface area (Å²) in [6.45, 7) is 4.32. The number of carbonyl (C=O) groups is 1. The molecule has 1 aromatic rings. The standard InChI is InChI=1S/C14H19F3N2O/c1-8(2)3-9(7-18)4-13(20)19-14-11(16)5-10(15)6-12(14)17/h5-6,8-9H,3-4,7,18H2,1-2H3,(H,19,20). The number of halogens is 3. The highest BCUT2D eigenvalue weighted by atomic mass is 19.1. The first-order valence-electron chi connectivity index (χ1n) is 6.48. The maximum absolute atomic E-state index is 13.4. The average Bonchev–Trinajstić information content (AvgIpc) is 2.32. The summed E-state index contributed by atoms with van der Waals surface area (Å²) >= 11 is 0. The number of carbonyl (C=O) groups excluding carboxylic acids is 1. The van der Waals surface area contributed by atoms with E-state index in [1.54, 1.807) is 0 Å². The summed E-state index contributed by atoms with van der Waals surface area (Å²) < 4.78 is 39.5. The molecule has 1 atom stereocenters. The lowest BCUT2D eigenvalue weighted by Crippen LogP contribution is -2.24. The summed E-state index contributed by atoms with van der Waals surface area (Å²) in [4.78, 5) is 11.8. The minimum absolute atomic E-state index is 0.0541. The van der Waals surface area contributed by atoms with Crippen LogP contribution in [-0.2, 0) is 4.79 Å². The zero-order valence-corrected chi connectivity index (χ0v) is 11.6. The van der Waals surface area contributed by atoms with E-state index in [1.807, 2.05) is 13.8 Å². The normalized spacial score (nSPS) is 12.6. The van der Waals surface area contributed by atoms with Crippen molar-refractivity contribution in [2.75, 3.05) is 11.9 Å². The van der Waals surface area contributed by atoms with E-state index in [-0.39, 0.29) is 12.3 Å². The molecular weight excluding hydrogens is 269 g/mol. The zero-order chi connectivity index (χ0) is 15.3. The van der Waals surface area contributed by atoms with Gasteiger partial charge in [0.05, 0.1) is 0 Å². The molecule has 1 aromatic carbocycles. The number of nitrogens with two attached hydrogens (primary N) is 1. The van der Waals surface area contributed by atoms with E-state index >= 15 is 0 Å². The van der Waals surface area contributed by atoms with Crippen molar-refractivity contribution in [3.8, 4) is 0 Å². The Kier molecular flexibility index (Phi) is 6.01. The van der Waals surface area contributed by atoms with Gasteiger partial charge in [0.15, 0.2) is 11.6 Å². The fourth-order valence-electron chi connectivity index (χ4n) is 2.04. The van der Waals surface area contributed by atoms with Gasteiger partial charge in [-0.05, 0) is 24.8 Å². The fraction of sp³-hybridized carbons (Fsp3) is 0.500. The van der Waals surface area contributed by atoms with Crippen LogP contribution in [0.15, 0.2) is 12.1 Å². The Morgan fingerprint density at radius 2 is 1.80 bits per heavy atom. The summed E-state index contributed by atoms with van der Waals surface area (Å²) in [7, 11) is 0. The lowest BCUT2D eigenvalue weighted by atomic mass is 9.94. The van der Waals surface area contributed by atoms with Crippen LogP contribution in [-0.4, -0.2) is 12.5 Å². The van der Waals surface area contributed by atoms with Gasteiger partial charge in [-0.2, -0.15) is 0 Å². The molecule has 0 aromatic heterocycles. The van der Waals surface area contributed by atoms with Crippen LogP contribution < -0.4 is 11.1 Å². The van der Waals surface area contributed by atoms with Crippen LogP contribution in [0.4, 0.5) is 18.9 Å². The summed E-state index contributed by atoms with van der Waals surface area (Å²) in [6.07, 6.45) is 0.823. The fourth-order valence-corrected chi connectivity index (χ4v) is 2.04. The molecule has 3 nitrogen and oxygen atoms in total. The van der Waals surface area contributed by atoms with E-state index in [2.05, 4.69) is 5.32 Å². The number of anilines is 1. The molecule has 0 aliphatic heterocycles. The molecule has 0 aliphatic carbocycles. The van der Waals surface area contributed by atoms with Crippen molar-refractivity contribution in [1.82, 2.24) is 0 Å².